The highest BCUT2D eigenvalue weighted by Gasteiger charge is 2.50. The number of thiophene rings is 1. The molecule has 52 heavy (non-hydrogen) atoms. The van der Waals surface area contributed by atoms with Gasteiger partial charge in [0.15, 0.2) is 0 Å². The first-order valence-electron chi connectivity index (χ1n) is 16.2. The maximum Gasteiger partial charge on any atom is 0.399 e. The molecule has 0 aliphatic carbocycles. The lowest BCUT2D eigenvalue weighted by atomic mass is 10.1. The van der Waals surface area contributed by atoms with Gasteiger partial charge in [-0.05, 0) is 61.9 Å². The minimum atomic E-state index is -5.81. The van der Waals surface area contributed by atoms with Crippen molar-refractivity contribution >= 4 is 64.0 Å². The summed E-state index contributed by atoms with van der Waals surface area (Å²) in [5.41, 5.74) is 0.418. The summed E-state index contributed by atoms with van der Waals surface area (Å²) in [6.07, 6.45) is 2.94. The van der Waals surface area contributed by atoms with Crippen molar-refractivity contribution in [2.75, 3.05) is 13.1 Å². The van der Waals surface area contributed by atoms with Gasteiger partial charge in [0.2, 0.25) is 17.7 Å². The first kappa shape index (κ1) is 37.6. The molecular weight excluding hydrogens is 744 g/mol. The van der Waals surface area contributed by atoms with E-state index in [1.165, 1.54) is 29.3 Å². The lowest BCUT2D eigenvalue weighted by Gasteiger charge is -2.35. The SMILES string of the molecule is NC(=O)CC[C@H](NC(=O)[C@@H]1CC[C@@H]2CCNC[C@H](NC(=O)c3cc4cc(C(F)(F)P(=O)(O)O)ccc4s3)C(=O)N21)c1ncc(-c2ccccc2F)s1. The second-order valence-corrected chi connectivity index (χ2v) is 16.4. The molecule has 7 N–H and O–H groups in total. The Morgan fingerprint density at radius 3 is 2.62 bits per heavy atom. The van der Waals surface area contributed by atoms with Crippen LogP contribution < -0.4 is 21.7 Å². The molecule has 2 aliphatic heterocycles. The number of nitrogens with zero attached hydrogens (tertiary/aromatic N) is 2. The number of aromatic nitrogens is 1. The molecule has 2 saturated heterocycles. The van der Waals surface area contributed by atoms with Gasteiger partial charge in [0.05, 0.1) is 15.8 Å². The minimum Gasteiger partial charge on any atom is -0.370 e. The Bertz CT molecular complexity index is 2070. The van der Waals surface area contributed by atoms with Gasteiger partial charge in [-0.1, -0.05) is 24.3 Å². The van der Waals surface area contributed by atoms with E-state index >= 15 is 0 Å². The highest BCUT2D eigenvalue weighted by molar-refractivity contribution is 7.52. The predicted octanol–water partition coefficient (Wildman–Crippen LogP) is 3.97. The van der Waals surface area contributed by atoms with Gasteiger partial charge in [0.25, 0.3) is 5.91 Å². The van der Waals surface area contributed by atoms with Gasteiger partial charge in [-0.2, -0.15) is 8.78 Å². The lowest BCUT2D eigenvalue weighted by molar-refractivity contribution is -0.142. The van der Waals surface area contributed by atoms with E-state index in [1.807, 2.05) is 0 Å². The lowest BCUT2D eigenvalue weighted by Crippen LogP contribution is -2.60. The maximum atomic E-state index is 14.5. The Balaban J connectivity index is 1.19. The molecule has 6 rings (SSSR count). The molecule has 4 amide bonds. The monoisotopic (exact) mass is 778 g/mol. The van der Waals surface area contributed by atoms with Crippen LogP contribution in [0.4, 0.5) is 13.2 Å². The number of nitrogens with one attached hydrogen (secondary N) is 3. The third-order valence-corrected chi connectivity index (χ3v) is 12.3. The van der Waals surface area contributed by atoms with Crippen molar-refractivity contribution in [2.24, 2.45) is 5.73 Å². The first-order chi connectivity index (χ1) is 24.6. The standard InChI is InChI=1S/C33H34F3N6O7PS2/c34-21-4-2-1-3-20(21)27-16-39-31(52-27)22(7-10-28(37)43)40-29(44)24-8-6-19-11-12-38-15-23(32(46)42(19)24)41-30(45)26-14-17-13-18(5-9-25(17)51-26)33(35,36)50(47,48)49/h1-5,9,13-14,16,19,22-24,38H,6-8,10-12,15H2,(H2,37,43)(H,40,44)(H,41,45)(H2,47,48,49)/t19-,22+,23+,24+/m1/s1. The zero-order chi connectivity index (χ0) is 37.4. The van der Waals surface area contributed by atoms with E-state index in [9.17, 15) is 36.9 Å². The van der Waals surface area contributed by atoms with Gasteiger partial charge < -0.3 is 36.4 Å². The second-order valence-electron chi connectivity index (χ2n) is 12.6. The number of hydrogen-bond acceptors (Lipinski definition) is 9. The number of carbonyl (C=O) groups is 4. The van der Waals surface area contributed by atoms with Crippen molar-refractivity contribution in [3.05, 3.63) is 76.0 Å². The first-order valence-corrected chi connectivity index (χ1v) is 19.5. The van der Waals surface area contributed by atoms with Crippen LogP contribution in [-0.4, -0.2) is 74.5 Å². The summed E-state index contributed by atoms with van der Waals surface area (Å²) in [6, 6.07) is 7.42. The molecule has 4 atom stereocenters. The Hall–Kier alpha value is -4.19. The summed E-state index contributed by atoms with van der Waals surface area (Å²) in [5, 5.41) is 9.37. The molecule has 2 fully saturated rings. The molecule has 0 spiro atoms. The van der Waals surface area contributed by atoms with E-state index in [1.54, 1.807) is 18.2 Å². The normalized spacial score (nSPS) is 20.2. The summed E-state index contributed by atoms with van der Waals surface area (Å²) >= 11 is 2.11. The van der Waals surface area contributed by atoms with Crippen LogP contribution in [0.1, 0.15) is 58.4 Å². The van der Waals surface area contributed by atoms with Gasteiger partial charge in [0.1, 0.15) is 22.9 Å². The molecule has 13 nitrogen and oxygen atoms in total. The average molecular weight is 779 g/mol. The van der Waals surface area contributed by atoms with Crippen LogP contribution in [0, 0.1) is 5.82 Å². The van der Waals surface area contributed by atoms with Crippen LogP contribution in [0.3, 0.4) is 0 Å². The van der Waals surface area contributed by atoms with Gasteiger partial charge in [-0.15, -0.1) is 22.7 Å². The topological polar surface area (TPSA) is 204 Å². The highest BCUT2D eigenvalue weighted by Crippen LogP contribution is 2.59. The van der Waals surface area contributed by atoms with Crippen molar-refractivity contribution in [3.8, 4) is 10.4 Å². The van der Waals surface area contributed by atoms with Gasteiger partial charge in [-0.3, -0.25) is 23.7 Å². The molecule has 2 aromatic heterocycles. The van der Waals surface area contributed by atoms with Crippen molar-refractivity contribution in [2.45, 2.75) is 61.9 Å². The van der Waals surface area contributed by atoms with E-state index in [2.05, 4.69) is 20.9 Å². The molecule has 4 heterocycles. The molecule has 276 valence electrons. The molecule has 4 aromatic rings. The Labute approximate surface area is 302 Å². The smallest absolute Gasteiger partial charge is 0.370 e. The fourth-order valence-electron chi connectivity index (χ4n) is 6.44. The summed E-state index contributed by atoms with van der Waals surface area (Å²) in [7, 11) is -5.81. The second kappa shape index (κ2) is 15.0. The zero-order valence-electron chi connectivity index (χ0n) is 27.3. The molecular formula is C33H34F3N6O7PS2. The van der Waals surface area contributed by atoms with Crippen LogP contribution in [0.5, 0.6) is 0 Å². The number of halogens is 3. The van der Waals surface area contributed by atoms with E-state index in [0.29, 0.717) is 46.0 Å². The van der Waals surface area contributed by atoms with Crippen LogP contribution in [0.25, 0.3) is 20.5 Å². The van der Waals surface area contributed by atoms with E-state index in [-0.39, 0.29) is 35.7 Å². The van der Waals surface area contributed by atoms with Crippen molar-refractivity contribution < 1.29 is 46.7 Å². The number of primary amides is 1. The summed E-state index contributed by atoms with van der Waals surface area (Å²) in [5.74, 6) is -2.70. The predicted molar refractivity (Wildman–Crippen MR) is 187 cm³/mol. The van der Waals surface area contributed by atoms with Crippen LogP contribution in [0.2, 0.25) is 0 Å². The number of rotatable bonds is 11. The Morgan fingerprint density at radius 1 is 1.12 bits per heavy atom. The van der Waals surface area contributed by atoms with Crippen molar-refractivity contribution in [3.63, 3.8) is 0 Å². The number of benzene rings is 2. The number of hydrogen-bond donors (Lipinski definition) is 6. The molecule has 0 unspecified atom stereocenters. The molecule has 2 aliphatic rings. The number of thiazole rings is 1. The zero-order valence-corrected chi connectivity index (χ0v) is 29.8. The van der Waals surface area contributed by atoms with Gasteiger partial charge in [0, 0.05) is 41.0 Å². The summed E-state index contributed by atoms with van der Waals surface area (Å²) in [4.78, 5) is 77.8. The fourth-order valence-corrected chi connectivity index (χ4v) is 8.89. The number of fused-ring (bicyclic) bond motifs is 2. The Kier molecular flexibility index (Phi) is 10.9. The molecule has 19 heteroatoms. The van der Waals surface area contributed by atoms with Crippen molar-refractivity contribution in [1.29, 1.82) is 0 Å². The maximum absolute atomic E-state index is 14.5. The number of nitrogens with two attached hydrogens (primary N) is 1. The third-order valence-electron chi connectivity index (χ3n) is 9.08. The van der Waals surface area contributed by atoms with E-state index in [0.717, 1.165) is 34.8 Å². The third kappa shape index (κ3) is 7.77. The molecule has 0 bridgehead atoms. The van der Waals surface area contributed by atoms with Crippen LogP contribution in [-0.2, 0) is 24.6 Å². The fraction of sp³-hybridized carbons (Fsp3) is 0.364. The Morgan fingerprint density at radius 2 is 1.88 bits per heavy atom. The number of carbonyl (C=O) groups excluding carboxylic acids is 4. The quantitative estimate of drug-likeness (QED) is 0.122. The summed E-state index contributed by atoms with van der Waals surface area (Å²) in [6.45, 7) is 0.540. The van der Waals surface area contributed by atoms with Gasteiger partial charge >= 0.3 is 13.3 Å². The largest absolute Gasteiger partial charge is 0.399 e. The van der Waals surface area contributed by atoms with Crippen LogP contribution >= 0.6 is 30.3 Å². The average Bonchev–Trinajstić information content (AvgIpc) is 3.85. The molecule has 0 radical (unpaired) electrons. The van der Waals surface area contributed by atoms with Gasteiger partial charge in [-0.25, -0.2) is 9.37 Å². The summed E-state index contributed by atoms with van der Waals surface area (Å²) < 4.78 is 54.9. The minimum absolute atomic E-state index is 0.0465. The number of amides is 4. The highest BCUT2D eigenvalue weighted by atomic mass is 32.1. The van der Waals surface area contributed by atoms with E-state index in [4.69, 9.17) is 15.5 Å². The molecule has 2 aromatic carbocycles. The molecule has 0 saturated carbocycles. The van der Waals surface area contributed by atoms with E-state index < -0.39 is 66.4 Å². The van der Waals surface area contributed by atoms with Crippen LogP contribution in [0.15, 0.2) is 54.7 Å². The number of alkyl halides is 2. The van der Waals surface area contributed by atoms with Crippen molar-refractivity contribution in [1.82, 2.24) is 25.8 Å².